The zero-order valence-electron chi connectivity index (χ0n) is 14.0. The Morgan fingerprint density at radius 3 is 2.52 bits per heavy atom. The van der Waals surface area contributed by atoms with Crippen LogP contribution in [-0.2, 0) is 4.79 Å². The third-order valence-corrected chi connectivity index (χ3v) is 4.88. The van der Waals surface area contributed by atoms with Crippen LogP contribution in [0, 0.1) is 0 Å². The van der Waals surface area contributed by atoms with Gasteiger partial charge in [0.2, 0.25) is 11.8 Å². The maximum absolute atomic E-state index is 12.1. The molecule has 0 radical (unpaired) electrons. The number of amides is 1. The Balaban J connectivity index is 1.58. The minimum atomic E-state index is -0.277. The average Bonchev–Trinajstić information content (AvgIpc) is 3.13. The molecule has 0 saturated heterocycles. The number of methoxy groups -OCH3 is 1. The zero-order valence-corrected chi connectivity index (χ0v) is 16.4. The number of thioether (sulfide) groups is 1. The van der Waals surface area contributed by atoms with E-state index in [9.17, 15) is 4.79 Å². The summed E-state index contributed by atoms with van der Waals surface area (Å²) in [6, 6.07) is 10.3. The molecule has 0 unspecified atom stereocenters. The molecule has 0 aliphatic carbocycles. The summed E-state index contributed by atoms with van der Waals surface area (Å²) in [5.74, 6) is 0.885. The third kappa shape index (κ3) is 4.85. The molecule has 0 spiro atoms. The number of nitrogens with two attached hydrogens (primary N) is 1. The Morgan fingerprint density at radius 1 is 1.22 bits per heavy atom. The number of carbonyl (C=O) groups is 1. The molecule has 10 heteroatoms. The van der Waals surface area contributed by atoms with E-state index in [1.54, 1.807) is 19.2 Å². The molecule has 140 valence electrons. The largest absolute Gasteiger partial charge is 0.497 e. The van der Waals surface area contributed by atoms with Gasteiger partial charge < -0.3 is 20.2 Å². The highest BCUT2D eigenvalue weighted by Crippen LogP contribution is 2.31. The van der Waals surface area contributed by atoms with E-state index < -0.39 is 0 Å². The number of carbonyl (C=O) groups excluding carboxylic acids is 1. The van der Waals surface area contributed by atoms with Gasteiger partial charge in [-0.2, -0.15) is 0 Å². The maximum Gasteiger partial charge on any atom is 0.277 e. The lowest BCUT2D eigenvalue weighted by molar-refractivity contribution is -0.113. The van der Waals surface area contributed by atoms with Crippen LogP contribution in [0.2, 0.25) is 10.0 Å². The fourth-order valence-corrected chi connectivity index (χ4v) is 3.15. The molecular weight excluding hydrogens is 411 g/mol. The van der Waals surface area contributed by atoms with Crippen molar-refractivity contribution in [2.75, 3.05) is 23.9 Å². The molecule has 0 saturated carbocycles. The van der Waals surface area contributed by atoms with E-state index in [-0.39, 0.29) is 32.6 Å². The molecule has 1 aromatic heterocycles. The molecule has 27 heavy (non-hydrogen) atoms. The van der Waals surface area contributed by atoms with Crippen LogP contribution in [0.3, 0.4) is 0 Å². The molecule has 0 bridgehead atoms. The quantitative estimate of drug-likeness (QED) is 0.447. The van der Waals surface area contributed by atoms with E-state index in [2.05, 4.69) is 15.5 Å². The Kier molecular flexibility index (Phi) is 6.10. The van der Waals surface area contributed by atoms with Crippen LogP contribution in [0.15, 0.2) is 46.0 Å². The molecular formula is C17H14Cl2N4O3S. The van der Waals surface area contributed by atoms with Crippen LogP contribution >= 0.6 is 35.0 Å². The molecule has 3 rings (SSSR count). The lowest BCUT2D eigenvalue weighted by Crippen LogP contribution is -2.14. The third-order valence-electron chi connectivity index (χ3n) is 3.43. The van der Waals surface area contributed by atoms with Gasteiger partial charge in [0.05, 0.1) is 28.6 Å². The Labute approximate surface area is 169 Å². The number of aromatic nitrogens is 2. The van der Waals surface area contributed by atoms with Crippen molar-refractivity contribution in [2.45, 2.75) is 5.22 Å². The lowest BCUT2D eigenvalue weighted by atomic mass is 10.2. The lowest BCUT2D eigenvalue weighted by Gasteiger charge is -2.07. The molecule has 0 atom stereocenters. The summed E-state index contributed by atoms with van der Waals surface area (Å²) in [5.41, 5.74) is 7.14. The standard InChI is InChI=1S/C17H14Cl2N4O3S/c1-25-11-4-2-9(3-5-11)16-22-23-17(26-16)27-8-14(24)21-10-6-12(18)15(20)13(19)7-10/h2-7H,8,20H2,1H3,(H,21,24). The number of halogens is 2. The van der Waals surface area contributed by atoms with Crippen LogP contribution in [-0.4, -0.2) is 29.0 Å². The number of rotatable bonds is 6. The SMILES string of the molecule is COc1ccc(-c2nnc(SCC(=O)Nc3cc(Cl)c(N)c(Cl)c3)o2)cc1. The van der Waals surface area contributed by atoms with E-state index >= 15 is 0 Å². The van der Waals surface area contributed by atoms with Crippen LogP contribution in [0.4, 0.5) is 11.4 Å². The fourth-order valence-electron chi connectivity index (χ4n) is 2.10. The first kappa shape index (κ1) is 19.3. The van der Waals surface area contributed by atoms with E-state index in [1.165, 1.54) is 12.1 Å². The maximum atomic E-state index is 12.1. The zero-order chi connectivity index (χ0) is 19.4. The predicted octanol–water partition coefficient (Wildman–Crippen LogP) is 4.37. The molecule has 3 N–H and O–H groups in total. The summed E-state index contributed by atoms with van der Waals surface area (Å²) in [6.45, 7) is 0. The first-order chi connectivity index (χ1) is 13.0. The van der Waals surface area contributed by atoms with Crippen LogP contribution in [0.5, 0.6) is 5.75 Å². The number of anilines is 2. The topological polar surface area (TPSA) is 103 Å². The summed E-state index contributed by atoms with van der Waals surface area (Å²) < 4.78 is 10.7. The second kappa shape index (κ2) is 8.51. The van der Waals surface area contributed by atoms with Crippen molar-refractivity contribution in [3.05, 3.63) is 46.4 Å². The molecule has 7 nitrogen and oxygen atoms in total. The van der Waals surface area contributed by atoms with E-state index in [0.29, 0.717) is 11.6 Å². The van der Waals surface area contributed by atoms with E-state index in [1.807, 2.05) is 12.1 Å². The van der Waals surface area contributed by atoms with E-state index in [4.69, 9.17) is 38.1 Å². The second-order valence-electron chi connectivity index (χ2n) is 5.29. The summed E-state index contributed by atoms with van der Waals surface area (Å²) >= 11 is 13.0. The minimum Gasteiger partial charge on any atom is -0.497 e. The molecule has 0 aliphatic rings. The van der Waals surface area contributed by atoms with Crippen molar-refractivity contribution < 1.29 is 13.9 Å². The Bertz CT molecular complexity index is 940. The molecule has 0 fully saturated rings. The van der Waals surface area contributed by atoms with Gasteiger partial charge in [-0.05, 0) is 36.4 Å². The van der Waals surface area contributed by atoms with Gasteiger partial charge in [-0.1, -0.05) is 35.0 Å². The van der Waals surface area contributed by atoms with Gasteiger partial charge in [-0.15, -0.1) is 10.2 Å². The van der Waals surface area contributed by atoms with Crippen molar-refractivity contribution in [2.24, 2.45) is 0 Å². The second-order valence-corrected chi connectivity index (χ2v) is 7.03. The Hall–Kier alpha value is -2.42. The first-order valence-corrected chi connectivity index (χ1v) is 9.35. The summed E-state index contributed by atoms with van der Waals surface area (Å²) in [5, 5.41) is 11.4. The number of hydrogen-bond donors (Lipinski definition) is 2. The van der Waals surface area contributed by atoms with Gasteiger partial charge in [-0.3, -0.25) is 4.79 Å². The predicted molar refractivity (Wildman–Crippen MR) is 107 cm³/mol. The van der Waals surface area contributed by atoms with E-state index in [0.717, 1.165) is 23.1 Å². The summed E-state index contributed by atoms with van der Waals surface area (Å²) in [4.78, 5) is 12.1. The van der Waals surface area contributed by atoms with Gasteiger partial charge in [0.25, 0.3) is 5.22 Å². The molecule has 0 aliphatic heterocycles. The van der Waals surface area contributed by atoms with Crippen molar-refractivity contribution in [3.8, 4) is 17.2 Å². The van der Waals surface area contributed by atoms with Gasteiger partial charge in [0.1, 0.15) is 5.75 Å². The first-order valence-electron chi connectivity index (χ1n) is 7.61. The summed E-state index contributed by atoms with van der Waals surface area (Å²) in [6.07, 6.45) is 0. The fraction of sp³-hybridized carbons (Fsp3) is 0.118. The molecule has 3 aromatic rings. The van der Waals surface area contributed by atoms with Crippen LogP contribution < -0.4 is 15.8 Å². The van der Waals surface area contributed by atoms with Crippen molar-refractivity contribution in [1.82, 2.24) is 10.2 Å². The van der Waals surface area contributed by atoms with Gasteiger partial charge >= 0.3 is 0 Å². The number of nitrogens with one attached hydrogen (secondary N) is 1. The van der Waals surface area contributed by atoms with Crippen molar-refractivity contribution >= 4 is 52.2 Å². The summed E-state index contributed by atoms with van der Waals surface area (Å²) in [7, 11) is 1.59. The molecule has 2 aromatic carbocycles. The van der Waals surface area contributed by atoms with Crippen molar-refractivity contribution in [3.63, 3.8) is 0 Å². The minimum absolute atomic E-state index is 0.0733. The molecule has 1 heterocycles. The van der Waals surface area contributed by atoms with Gasteiger partial charge in [0.15, 0.2) is 0 Å². The smallest absolute Gasteiger partial charge is 0.277 e. The molecule has 1 amide bonds. The number of benzene rings is 2. The monoisotopic (exact) mass is 424 g/mol. The van der Waals surface area contributed by atoms with Gasteiger partial charge in [0, 0.05) is 11.3 Å². The Morgan fingerprint density at radius 2 is 1.89 bits per heavy atom. The number of nitrogens with zero attached hydrogens (tertiary/aromatic N) is 2. The highest BCUT2D eigenvalue weighted by atomic mass is 35.5. The van der Waals surface area contributed by atoms with Gasteiger partial charge in [-0.25, -0.2) is 0 Å². The highest BCUT2D eigenvalue weighted by molar-refractivity contribution is 7.99. The number of hydrogen-bond acceptors (Lipinski definition) is 7. The highest BCUT2D eigenvalue weighted by Gasteiger charge is 2.13. The average molecular weight is 425 g/mol. The normalized spacial score (nSPS) is 10.6. The van der Waals surface area contributed by atoms with Crippen LogP contribution in [0.1, 0.15) is 0 Å². The number of nitrogen functional groups attached to an aromatic ring is 1. The number of ether oxygens (including phenoxy) is 1. The van der Waals surface area contributed by atoms with Crippen molar-refractivity contribution in [1.29, 1.82) is 0 Å². The van der Waals surface area contributed by atoms with Crippen LogP contribution in [0.25, 0.3) is 11.5 Å².